The minimum Gasteiger partial charge on any atom is -0.396 e. The first-order valence-electron chi connectivity index (χ1n) is 7.89. The Kier molecular flexibility index (Phi) is 4.71. The monoisotopic (exact) mass is 253 g/mol. The number of rotatable bonds is 3. The lowest BCUT2D eigenvalue weighted by molar-refractivity contribution is 0.0339. The molecular weight excluding hydrogens is 222 g/mol. The van der Waals surface area contributed by atoms with Gasteiger partial charge >= 0.3 is 0 Å². The molecule has 1 aliphatic heterocycles. The minimum absolute atomic E-state index is 0.220. The third-order valence-corrected chi connectivity index (χ3v) is 5.27. The van der Waals surface area contributed by atoms with E-state index < -0.39 is 0 Å². The summed E-state index contributed by atoms with van der Waals surface area (Å²) in [6.07, 6.45) is 10.5. The second kappa shape index (κ2) is 5.92. The number of aliphatic hydroxyl groups excluding tert-OH is 1. The Morgan fingerprint density at radius 2 is 1.44 bits per heavy atom. The molecule has 1 aliphatic carbocycles. The number of likely N-dealkylation sites (tertiary alicyclic amines) is 1. The van der Waals surface area contributed by atoms with Crippen molar-refractivity contribution < 1.29 is 5.11 Å². The molecule has 0 radical (unpaired) electrons. The molecule has 0 amide bonds. The van der Waals surface area contributed by atoms with Gasteiger partial charge in [0, 0.05) is 18.6 Å². The van der Waals surface area contributed by atoms with Gasteiger partial charge in [-0.25, -0.2) is 0 Å². The van der Waals surface area contributed by atoms with Crippen LogP contribution in [0.3, 0.4) is 0 Å². The van der Waals surface area contributed by atoms with Crippen LogP contribution in [0.4, 0.5) is 0 Å². The first-order valence-corrected chi connectivity index (χ1v) is 7.89. The van der Waals surface area contributed by atoms with Crippen LogP contribution in [-0.2, 0) is 0 Å². The van der Waals surface area contributed by atoms with Crippen molar-refractivity contribution in [3.05, 3.63) is 0 Å². The number of aliphatic hydroxyl groups is 1. The average Bonchev–Trinajstić information content (AvgIpc) is 2.58. The van der Waals surface area contributed by atoms with Crippen LogP contribution in [0.1, 0.15) is 65.2 Å². The van der Waals surface area contributed by atoms with Crippen molar-refractivity contribution in [2.75, 3.05) is 26.2 Å². The first kappa shape index (κ1) is 14.3. The molecule has 0 aromatic heterocycles. The van der Waals surface area contributed by atoms with E-state index in [-0.39, 0.29) is 5.41 Å². The fraction of sp³-hybridized carbons (Fsp3) is 1.00. The van der Waals surface area contributed by atoms with E-state index in [1.165, 1.54) is 64.5 Å². The molecule has 2 aliphatic rings. The van der Waals surface area contributed by atoms with E-state index in [1.807, 2.05) is 0 Å². The standard InChI is InChI=1S/C16H31NO/c1-15(2)9-11-17(12-10-15)13-16(14-18)7-5-3-4-6-8-16/h18H,3-14H2,1-2H3. The molecule has 0 bridgehead atoms. The first-order chi connectivity index (χ1) is 8.55. The minimum atomic E-state index is 0.220. The number of nitrogens with zero attached hydrogens (tertiary/aromatic N) is 1. The molecule has 1 N–H and O–H groups in total. The van der Waals surface area contributed by atoms with E-state index in [1.54, 1.807) is 0 Å². The summed E-state index contributed by atoms with van der Waals surface area (Å²) in [5.74, 6) is 0. The van der Waals surface area contributed by atoms with Crippen LogP contribution in [0.15, 0.2) is 0 Å². The Morgan fingerprint density at radius 1 is 0.889 bits per heavy atom. The summed E-state index contributed by atoms with van der Waals surface area (Å²) in [6.45, 7) is 8.77. The zero-order chi connectivity index (χ0) is 13.1. The van der Waals surface area contributed by atoms with Crippen molar-refractivity contribution >= 4 is 0 Å². The molecular formula is C16H31NO. The summed E-state index contributed by atoms with van der Waals surface area (Å²) in [4.78, 5) is 2.62. The van der Waals surface area contributed by atoms with Gasteiger partial charge in [0.15, 0.2) is 0 Å². The van der Waals surface area contributed by atoms with Crippen LogP contribution in [-0.4, -0.2) is 36.2 Å². The SMILES string of the molecule is CC1(C)CCN(CC2(CO)CCCCCC2)CC1. The largest absolute Gasteiger partial charge is 0.396 e. The molecule has 0 aromatic rings. The summed E-state index contributed by atoms with van der Waals surface area (Å²) in [7, 11) is 0. The molecule has 0 aromatic carbocycles. The Balaban J connectivity index is 1.90. The Hall–Kier alpha value is -0.0800. The third kappa shape index (κ3) is 3.71. The highest BCUT2D eigenvalue weighted by Gasteiger charge is 2.34. The van der Waals surface area contributed by atoms with Crippen molar-refractivity contribution in [3.63, 3.8) is 0 Å². The van der Waals surface area contributed by atoms with Gasteiger partial charge in [-0.05, 0) is 44.2 Å². The maximum atomic E-state index is 9.87. The number of hydrogen-bond acceptors (Lipinski definition) is 2. The number of piperidine rings is 1. The predicted molar refractivity (Wildman–Crippen MR) is 76.7 cm³/mol. The van der Waals surface area contributed by atoms with Crippen LogP contribution in [0.2, 0.25) is 0 Å². The van der Waals surface area contributed by atoms with E-state index in [2.05, 4.69) is 18.7 Å². The summed E-state index contributed by atoms with van der Waals surface area (Å²) in [5.41, 5.74) is 0.754. The van der Waals surface area contributed by atoms with E-state index >= 15 is 0 Å². The quantitative estimate of drug-likeness (QED) is 0.779. The average molecular weight is 253 g/mol. The second-order valence-corrected chi connectivity index (χ2v) is 7.51. The molecule has 1 heterocycles. The lowest BCUT2D eigenvalue weighted by Crippen LogP contribution is -2.45. The number of hydrogen-bond donors (Lipinski definition) is 1. The zero-order valence-electron chi connectivity index (χ0n) is 12.4. The molecule has 0 atom stereocenters. The highest BCUT2D eigenvalue weighted by molar-refractivity contribution is 4.87. The molecule has 0 unspecified atom stereocenters. The predicted octanol–water partition coefficient (Wildman–Crippen LogP) is 3.44. The molecule has 0 spiro atoms. The van der Waals surface area contributed by atoms with Gasteiger partial charge in [0.05, 0.1) is 0 Å². The maximum Gasteiger partial charge on any atom is 0.0499 e. The lowest BCUT2D eigenvalue weighted by atomic mass is 9.78. The van der Waals surface area contributed by atoms with Crippen LogP contribution in [0.25, 0.3) is 0 Å². The van der Waals surface area contributed by atoms with Gasteiger partial charge in [0.2, 0.25) is 0 Å². The molecule has 2 fully saturated rings. The summed E-state index contributed by atoms with van der Waals surface area (Å²) < 4.78 is 0. The summed E-state index contributed by atoms with van der Waals surface area (Å²) >= 11 is 0. The molecule has 2 nitrogen and oxygen atoms in total. The van der Waals surface area contributed by atoms with E-state index in [0.29, 0.717) is 12.0 Å². The molecule has 106 valence electrons. The Morgan fingerprint density at radius 3 is 1.94 bits per heavy atom. The van der Waals surface area contributed by atoms with Gasteiger partial charge in [-0.2, -0.15) is 0 Å². The summed E-state index contributed by atoms with van der Waals surface area (Å²) in [6, 6.07) is 0. The van der Waals surface area contributed by atoms with Gasteiger partial charge in [-0.1, -0.05) is 39.5 Å². The molecule has 1 saturated carbocycles. The van der Waals surface area contributed by atoms with Crippen LogP contribution < -0.4 is 0 Å². The second-order valence-electron chi connectivity index (χ2n) is 7.51. The van der Waals surface area contributed by atoms with Crippen LogP contribution in [0, 0.1) is 10.8 Å². The van der Waals surface area contributed by atoms with Crippen LogP contribution >= 0.6 is 0 Å². The van der Waals surface area contributed by atoms with Gasteiger partial charge in [0.1, 0.15) is 0 Å². The topological polar surface area (TPSA) is 23.5 Å². The molecule has 2 rings (SSSR count). The fourth-order valence-electron chi connectivity index (χ4n) is 3.64. The van der Waals surface area contributed by atoms with E-state index in [0.717, 1.165) is 6.54 Å². The van der Waals surface area contributed by atoms with Crippen molar-refractivity contribution in [2.24, 2.45) is 10.8 Å². The smallest absolute Gasteiger partial charge is 0.0499 e. The van der Waals surface area contributed by atoms with E-state index in [9.17, 15) is 5.11 Å². The molecule has 18 heavy (non-hydrogen) atoms. The highest BCUT2D eigenvalue weighted by Crippen LogP contribution is 2.37. The van der Waals surface area contributed by atoms with Crippen molar-refractivity contribution in [1.29, 1.82) is 0 Å². The van der Waals surface area contributed by atoms with Crippen LogP contribution in [0.5, 0.6) is 0 Å². The molecule has 2 heteroatoms. The third-order valence-electron chi connectivity index (χ3n) is 5.27. The normalized spacial score (nSPS) is 28.8. The van der Waals surface area contributed by atoms with Crippen molar-refractivity contribution in [3.8, 4) is 0 Å². The molecule has 1 saturated heterocycles. The van der Waals surface area contributed by atoms with E-state index in [4.69, 9.17) is 0 Å². The highest BCUT2D eigenvalue weighted by atomic mass is 16.3. The van der Waals surface area contributed by atoms with Gasteiger partial charge in [0.25, 0.3) is 0 Å². The van der Waals surface area contributed by atoms with Gasteiger partial charge < -0.3 is 10.0 Å². The fourth-order valence-corrected chi connectivity index (χ4v) is 3.64. The van der Waals surface area contributed by atoms with Gasteiger partial charge in [-0.3, -0.25) is 0 Å². The van der Waals surface area contributed by atoms with Crippen molar-refractivity contribution in [2.45, 2.75) is 65.2 Å². The van der Waals surface area contributed by atoms with Crippen molar-refractivity contribution in [1.82, 2.24) is 4.90 Å². The zero-order valence-corrected chi connectivity index (χ0v) is 12.4. The lowest BCUT2D eigenvalue weighted by Gasteiger charge is -2.42. The Bertz CT molecular complexity index is 244. The maximum absolute atomic E-state index is 9.87. The Labute approximate surface area is 113 Å². The van der Waals surface area contributed by atoms with Gasteiger partial charge in [-0.15, -0.1) is 0 Å². The summed E-state index contributed by atoms with van der Waals surface area (Å²) in [5, 5.41) is 9.87.